The Labute approximate surface area is 144 Å². The molecule has 1 heterocycles. The van der Waals surface area contributed by atoms with E-state index in [1.54, 1.807) is 0 Å². The van der Waals surface area contributed by atoms with Crippen LogP contribution < -0.4 is 5.32 Å². The second-order valence-electron chi connectivity index (χ2n) is 4.95. The monoisotopic (exact) mass is 342 g/mol. The smallest absolute Gasteiger partial charge is 0.0919 e. The van der Waals surface area contributed by atoms with Crippen LogP contribution in [0.15, 0.2) is 42.5 Å². The van der Waals surface area contributed by atoms with Gasteiger partial charge in [0.1, 0.15) is 0 Å². The topological polar surface area (TPSA) is 45.1 Å². The molecule has 5 heteroatoms. The van der Waals surface area contributed by atoms with Crippen molar-refractivity contribution in [2.45, 2.75) is 0 Å². The molecular formula is C18H15ClN2OS. The van der Waals surface area contributed by atoms with Gasteiger partial charge in [0.15, 0.2) is 0 Å². The largest absolute Gasteiger partial charge is 0.395 e. The summed E-state index contributed by atoms with van der Waals surface area (Å²) in [5.41, 5.74) is 3.01. The lowest BCUT2D eigenvalue weighted by molar-refractivity contribution is 0.295. The number of aliphatic hydroxyl groups is 1. The first-order valence-electron chi connectivity index (χ1n) is 7.24. The first kappa shape index (κ1) is 16.0. The van der Waals surface area contributed by atoms with Crippen molar-refractivity contribution in [1.82, 2.24) is 9.69 Å². The van der Waals surface area contributed by atoms with Gasteiger partial charge in [-0.05, 0) is 35.8 Å². The number of rotatable bonds is 4. The molecule has 0 unspecified atom stereocenters. The third kappa shape index (κ3) is 3.90. The Kier molecular flexibility index (Phi) is 5.27. The fourth-order valence-corrected chi connectivity index (χ4v) is 3.17. The van der Waals surface area contributed by atoms with Crippen LogP contribution in [0.5, 0.6) is 0 Å². The Morgan fingerprint density at radius 3 is 2.78 bits per heavy atom. The molecular weight excluding hydrogens is 328 g/mol. The maximum absolute atomic E-state index is 8.69. The summed E-state index contributed by atoms with van der Waals surface area (Å²) < 4.78 is 5.68. The summed E-state index contributed by atoms with van der Waals surface area (Å²) in [6, 6.07) is 13.9. The molecule has 116 valence electrons. The normalized spacial score (nSPS) is 10.5. The summed E-state index contributed by atoms with van der Waals surface area (Å²) >= 11 is 7.42. The highest BCUT2D eigenvalue weighted by Gasteiger charge is 2.08. The molecule has 3 aromatic rings. The Morgan fingerprint density at radius 2 is 2.00 bits per heavy atom. The van der Waals surface area contributed by atoms with Crippen molar-refractivity contribution in [3.05, 3.63) is 53.1 Å². The van der Waals surface area contributed by atoms with E-state index in [0.717, 1.165) is 31.9 Å². The van der Waals surface area contributed by atoms with Crippen molar-refractivity contribution in [2.75, 3.05) is 19.7 Å². The molecule has 1 aromatic heterocycles. The van der Waals surface area contributed by atoms with Crippen LogP contribution >= 0.6 is 23.1 Å². The van der Waals surface area contributed by atoms with Crippen molar-refractivity contribution in [2.24, 2.45) is 0 Å². The minimum Gasteiger partial charge on any atom is -0.395 e. The molecule has 0 saturated heterocycles. The number of aliphatic hydroxyl groups excluding tert-OH is 1. The maximum Gasteiger partial charge on any atom is 0.0919 e. The zero-order valence-corrected chi connectivity index (χ0v) is 13.9. The second-order valence-corrected chi connectivity index (χ2v) is 6.19. The molecule has 0 bridgehead atoms. The van der Waals surface area contributed by atoms with E-state index in [9.17, 15) is 0 Å². The van der Waals surface area contributed by atoms with Gasteiger partial charge in [0.05, 0.1) is 23.5 Å². The van der Waals surface area contributed by atoms with Gasteiger partial charge in [-0.1, -0.05) is 41.6 Å². The highest BCUT2D eigenvalue weighted by molar-refractivity contribution is 7.13. The zero-order chi connectivity index (χ0) is 16.1. The summed E-state index contributed by atoms with van der Waals surface area (Å²) in [5.74, 6) is 6.16. The highest BCUT2D eigenvalue weighted by Crippen LogP contribution is 2.31. The van der Waals surface area contributed by atoms with E-state index in [-0.39, 0.29) is 6.61 Å². The predicted molar refractivity (Wildman–Crippen MR) is 96.9 cm³/mol. The number of benzene rings is 2. The average Bonchev–Trinajstić information content (AvgIpc) is 2.98. The number of fused-ring (bicyclic) bond motifs is 1. The Balaban J connectivity index is 1.84. The molecule has 0 aliphatic carbocycles. The molecule has 0 aliphatic rings. The van der Waals surface area contributed by atoms with E-state index in [1.807, 2.05) is 30.3 Å². The lowest BCUT2D eigenvalue weighted by Crippen LogP contribution is -2.17. The van der Waals surface area contributed by atoms with Crippen molar-refractivity contribution in [3.63, 3.8) is 0 Å². The van der Waals surface area contributed by atoms with Crippen LogP contribution in [-0.4, -0.2) is 29.2 Å². The van der Waals surface area contributed by atoms with E-state index in [1.165, 1.54) is 11.5 Å². The molecule has 0 atom stereocenters. The summed E-state index contributed by atoms with van der Waals surface area (Å²) in [6.45, 7) is 1.26. The first-order valence-corrected chi connectivity index (χ1v) is 8.39. The first-order chi connectivity index (χ1) is 11.3. The zero-order valence-electron chi connectivity index (χ0n) is 12.3. The number of aromatic nitrogens is 1. The number of hydrogen-bond acceptors (Lipinski definition) is 4. The van der Waals surface area contributed by atoms with Crippen molar-refractivity contribution in [1.29, 1.82) is 0 Å². The summed E-state index contributed by atoms with van der Waals surface area (Å²) in [7, 11) is 0. The molecule has 0 saturated carbocycles. The average molecular weight is 343 g/mol. The van der Waals surface area contributed by atoms with Crippen molar-refractivity contribution in [3.8, 4) is 23.1 Å². The van der Waals surface area contributed by atoms with Gasteiger partial charge < -0.3 is 10.4 Å². The quantitative estimate of drug-likeness (QED) is 0.563. The molecule has 0 spiro atoms. The minimum absolute atomic E-state index is 0.127. The molecule has 3 nitrogen and oxygen atoms in total. The Hall–Kier alpha value is -1.90. The van der Waals surface area contributed by atoms with Gasteiger partial charge in [0, 0.05) is 28.1 Å². The van der Waals surface area contributed by atoms with Gasteiger partial charge in [-0.3, -0.25) is 0 Å². The molecule has 3 rings (SSSR count). The van der Waals surface area contributed by atoms with E-state index in [0.29, 0.717) is 13.1 Å². The number of nitrogens with one attached hydrogen (secondary N) is 1. The molecule has 2 N–H and O–H groups in total. The van der Waals surface area contributed by atoms with Crippen LogP contribution in [0.2, 0.25) is 5.02 Å². The van der Waals surface area contributed by atoms with Gasteiger partial charge in [-0.25, -0.2) is 0 Å². The minimum atomic E-state index is 0.127. The molecule has 0 amide bonds. The SMILES string of the molecule is OCCNCC#Cc1ccc2c(-c3ccc(Cl)cc3)nsc2c1. The lowest BCUT2D eigenvalue weighted by Gasteiger charge is -1.99. The molecule has 23 heavy (non-hydrogen) atoms. The number of nitrogens with zero attached hydrogens (tertiary/aromatic N) is 1. The lowest BCUT2D eigenvalue weighted by atomic mass is 10.1. The molecule has 0 aliphatic heterocycles. The summed E-state index contributed by atoms with van der Waals surface area (Å²) in [6.07, 6.45) is 0. The summed E-state index contributed by atoms with van der Waals surface area (Å²) in [4.78, 5) is 0. The Bertz CT molecular complexity index is 862. The van der Waals surface area contributed by atoms with Gasteiger partial charge in [-0.15, -0.1) is 0 Å². The van der Waals surface area contributed by atoms with Gasteiger partial charge in [0.25, 0.3) is 0 Å². The van der Waals surface area contributed by atoms with Crippen LogP contribution in [0.3, 0.4) is 0 Å². The Morgan fingerprint density at radius 1 is 1.17 bits per heavy atom. The van der Waals surface area contributed by atoms with Crippen LogP contribution in [0.25, 0.3) is 21.3 Å². The number of hydrogen-bond donors (Lipinski definition) is 2. The van der Waals surface area contributed by atoms with E-state index in [2.05, 4.69) is 33.7 Å². The second kappa shape index (κ2) is 7.58. The third-order valence-electron chi connectivity index (χ3n) is 3.32. The molecule has 0 radical (unpaired) electrons. The van der Waals surface area contributed by atoms with Crippen LogP contribution in [0.1, 0.15) is 5.56 Å². The fourth-order valence-electron chi connectivity index (χ4n) is 2.21. The molecule has 2 aromatic carbocycles. The van der Waals surface area contributed by atoms with Crippen LogP contribution in [0, 0.1) is 11.8 Å². The summed E-state index contributed by atoms with van der Waals surface area (Å²) in [5, 5.41) is 13.6. The van der Waals surface area contributed by atoms with Gasteiger partial charge in [-0.2, -0.15) is 4.37 Å². The number of halogens is 1. The fraction of sp³-hybridized carbons (Fsp3) is 0.167. The van der Waals surface area contributed by atoms with Crippen molar-refractivity contribution >= 4 is 33.2 Å². The van der Waals surface area contributed by atoms with E-state index >= 15 is 0 Å². The van der Waals surface area contributed by atoms with Gasteiger partial charge in [0.2, 0.25) is 0 Å². The van der Waals surface area contributed by atoms with Crippen LogP contribution in [-0.2, 0) is 0 Å². The van der Waals surface area contributed by atoms with E-state index < -0.39 is 0 Å². The van der Waals surface area contributed by atoms with E-state index in [4.69, 9.17) is 16.7 Å². The van der Waals surface area contributed by atoms with Gasteiger partial charge >= 0.3 is 0 Å². The van der Waals surface area contributed by atoms with Crippen molar-refractivity contribution < 1.29 is 5.11 Å². The standard InChI is InChI=1S/C18H15ClN2OS/c19-15-6-4-14(5-7-15)18-16-8-3-13(12-17(16)23-21-18)2-1-9-20-10-11-22/h3-8,12,20,22H,9-11H2. The highest BCUT2D eigenvalue weighted by atomic mass is 35.5. The van der Waals surface area contributed by atoms with Crippen LogP contribution in [0.4, 0.5) is 0 Å². The predicted octanol–water partition coefficient (Wildman–Crippen LogP) is 3.55. The molecule has 0 fully saturated rings. The maximum atomic E-state index is 8.69. The third-order valence-corrected chi connectivity index (χ3v) is 4.38.